The van der Waals surface area contributed by atoms with Crippen molar-refractivity contribution in [3.05, 3.63) is 86.7 Å². The number of imide groups is 1. The number of halogens is 1. The van der Waals surface area contributed by atoms with E-state index >= 15 is 0 Å². The molecular formula is C29H26BrNO7S. The van der Waals surface area contributed by atoms with Crippen LogP contribution in [-0.4, -0.2) is 48.9 Å². The second-order valence-corrected chi connectivity index (χ2v) is 10.2. The molecule has 2 amide bonds. The van der Waals surface area contributed by atoms with E-state index < -0.39 is 11.9 Å². The van der Waals surface area contributed by atoms with E-state index in [9.17, 15) is 14.4 Å². The van der Waals surface area contributed by atoms with Gasteiger partial charge in [-0.15, -0.1) is 0 Å². The third kappa shape index (κ3) is 7.01. The summed E-state index contributed by atoms with van der Waals surface area (Å²) in [6.45, 7) is 4.40. The van der Waals surface area contributed by atoms with Crippen molar-refractivity contribution >= 4 is 50.9 Å². The molecule has 1 heterocycles. The van der Waals surface area contributed by atoms with Crippen LogP contribution in [0.4, 0.5) is 4.79 Å². The lowest BCUT2D eigenvalue weighted by Crippen LogP contribution is -2.32. The summed E-state index contributed by atoms with van der Waals surface area (Å²) < 4.78 is 22.6. The number of carbonyl (C=O) groups excluding carboxylic acids is 3. The lowest BCUT2D eigenvalue weighted by atomic mass is 10.1. The summed E-state index contributed by atoms with van der Waals surface area (Å²) in [5.74, 6) is 0.846. The second-order valence-electron chi connectivity index (χ2n) is 8.38. The van der Waals surface area contributed by atoms with Crippen molar-refractivity contribution < 1.29 is 33.3 Å². The molecule has 0 saturated carbocycles. The summed E-state index contributed by atoms with van der Waals surface area (Å²) >= 11 is 4.31. The number of esters is 1. The van der Waals surface area contributed by atoms with Gasteiger partial charge in [0.25, 0.3) is 11.1 Å². The molecule has 3 aromatic rings. The summed E-state index contributed by atoms with van der Waals surface area (Å²) in [6, 6.07) is 17.4. The second kappa shape index (κ2) is 12.9. The molecule has 0 atom stereocenters. The van der Waals surface area contributed by atoms with Crippen LogP contribution in [0, 0.1) is 6.92 Å². The summed E-state index contributed by atoms with van der Waals surface area (Å²) in [5.41, 5.74) is 1.99. The van der Waals surface area contributed by atoms with Crippen LogP contribution >= 0.6 is 27.7 Å². The Hall–Kier alpha value is -3.76. The summed E-state index contributed by atoms with van der Waals surface area (Å²) in [7, 11) is 1.54. The first-order valence-corrected chi connectivity index (χ1v) is 13.7. The van der Waals surface area contributed by atoms with Crippen molar-refractivity contribution in [2.75, 3.05) is 26.9 Å². The molecule has 1 fully saturated rings. The molecule has 0 N–H and O–H groups in total. The monoisotopic (exact) mass is 611 g/mol. The van der Waals surface area contributed by atoms with Crippen LogP contribution in [0.2, 0.25) is 0 Å². The maximum Gasteiger partial charge on any atom is 0.343 e. The number of benzene rings is 3. The Balaban J connectivity index is 1.48. The summed E-state index contributed by atoms with van der Waals surface area (Å²) in [5, 5.41) is -0.367. The lowest BCUT2D eigenvalue weighted by molar-refractivity contribution is -0.123. The minimum absolute atomic E-state index is 0.129. The van der Waals surface area contributed by atoms with Gasteiger partial charge in [0.2, 0.25) is 0 Å². The van der Waals surface area contributed by atoms with Crippen LogP contribution in [0.25, 0.3) is 6.08 Å². The Bertz CT molecular complexity index is 1420. The molecule has 1 aliphatic heterocycles. The van der Waals surface area contributed by atoms with E-state index in [1.807, 2.05) is 31.2 Å². The first-order chi connectivity index (χ1) is 18.8. The Morgan fingerprint density at radius 3 is 2.49 bits per heavy atom. The van der Waals surface area contributed by atoms with E-state index in [4.69, 9.17) is 18.9 Å². The highest BCUT2D eigenvalue weighted by Crippen LogP contribution is 2.39. The Kier molecular flexibility index (Phi) is 9.32. The molecule has 0 bridgehead atoms. The number of amides is 2. The van der Waals surface area contributed by atoms with Gasteiger partial charge < -0.3 is 18.9 Å². The van der Waals surface area contributed by atoms with Crippen molar-refractivity contribution in [1.82, 2.24) is 4.90 Å². The van der Waals surface area contributed by atoms with E-state index in [1.54, 1.807) is 56.5 Å². The van der Waals surface area contributed by atoms with Gasteiger partial charge in [0.15, 0.2) is 11.5 Å². The Morgan fingerprint density at radius 1 is 1.03 bits per heavy atom. The fraction of sp³-hybridized carbons (Fsp3) is 0.207. The topological polar surface area (TPSA) is 91.4 Å². The lowest BCUT2D eigenvalue weighted by Gasteiger charge is -2.14. The van der Waals surface area contributed by atoms with Gasteiger partial charge in [-0.3, -0.25) is 14.5 Å². The molecule has 202 valence electrons. The molecule has 1 aliphatic rings. The van der Waals surface area contributed by atoms with Gasteiger partial charge in [0.05, 0.1) is 35.2 Å². The predicted molar refractivity (Wildman–Crippen MR) is 153 cm³/mol. The number of methoxy groups -OCH3 is 1. The quantitative estimate of drug-likeness (QED) is 0.146. The number of hydrogen-bond donors (Lipinski definition) is 0. The molecular weight excluding hydrogens is 586 g/mol. The van der Waals surface area contributed by atoms with Crippen molar-refractivity contribution in [3.8, 4) is 23.0 Å². The third-order valence-corrected chi connectivity index (χ3v) is 7.09. The van der Waals surface area contributed by atoms with Crippen molar-refractivity contribution in [2.45, 2.75) is 13.8 Å². The first kappa shape index (κ1) is 28.3. The first-order valence-electron chi connectivity index (χ1n) is 12.1. The number of ether oxygens (including phenoxy) is 4. The van der Waals surface area contributed by atoms with Gasteiger partial charge in [-0.1, -0.05) is 12.1 Å². The van der Waals surface area contributed by atoms with Crippen molar-refractivity contribution in [3.63, 3.8) is 0 Å². The minimum Gasteiger partial charge on any atom is -0.497 e. The van der Waals surface area contributed by atoms with Gasteiger partial charge in [-0.25, -0.2) is 4.79 Å². The average Bonchev–Trinajstić information content (AvgIpc) is 3.18. The fourth-order valence-electron chi connectivity index (χ4n) is 3.72. The molecule has 0 aliphatic carbocycles. The highest BCUT2D eigenvalue weighted by Gasteiger charge is 2.35. The van der Waals surface area contributed by atoms with E-state index in [0.29, 0.717) is 39.5 Å². The molecule has 0 aromatic heterocycles. The maximum atomic E-state index is 13.0. The zero-order valence-corrected chi connectivity index (χ0v) is 24.0. The highest BCUT2D eigenvalue weighted by molar-refractivity contribution is 9.10. The number of nitrogens with zero attached hydrogens (tertiary/aromatic N) is 1. The van der Waals surface area contributed by atoms with Gasteiger partial charge >= 0.3 is 5.97 Å². The molecule has 8 nitrogen and oxygen atoms in total. The minimum atomic E-state index is -0.568. The molecule has 0 unspecified atom stereocenters. The van der Waals surface area contributed by atoms with Crippen LogP contribution < -0.4 is 18.9 Å². The summed E-state index contributed by atoms with van der Waals surface area (Å²) in [4.78, 5) is 39.7. The number of hydrogen-bond acceptors (Lipinski definition) is 8. The van der Waals surface area contributed by atoms with E-state index in [1.165, 1.54) is 0 Å². The normalized spacial score (nSPS) is 14.1. The van der Waals surface area contributed by atoms with Crippen molar-refractivity contribution in [1.29, 1.82) is 0 Å². The molecule has 0 spiro atoms. The third-order valence-electron chi connectivity index (χ3n) is 5.60. The molecule has 39 heavy (non-hydrogen) atoms. The zero-order chi connectivity index (χ0) is 27.9. The smallest absolute Gasteiger partial charge is 0.343 e. The number of carbonyl (C=O) groups is 3. The maximum absolute atomic E-state index is 13.0. The van der Waals surface area contributed by atoms with Gasteiger partial charge in [-0.2, -0.15) is 0 Å². The SMILES string of the molecule is CCOc1cc(/C=C2\SC(=O)N(CCOc3cccc(C)c3)C2=O)cc(Br)c1OC(=O)c1ccc(OC)cc1. The molecule has 4 rings (SSSR count). The zero-order valence-electron chi connectivity index (χ0n) is 21.6. The standard InChI is InChI=1S/C29H26BrNO7S/c1-4-36-24-16-19(15-23(30)26(24)38-28(33)20-8-10-21(35-3)11-9-20)17-25-27(32)31(29(34)39-25)12-13-37-22-7-5-6-18(2)14-22/h5-11,14-17H,4,12-13H2,1-3H3/b25-17-. The van der Waals surface area contributed by atoms with Crippen LogP contribution in [0.3, 0.4) is 0 Å². The van der Waals surface area contributed by atoms with E-state index in [2.05, 4.69) is 15.9 Å². The number of thioether (sulfide) groups is 1. The number of rotatable bonds is 10. The Morgan fingerprint density at radius 2 is 1.79 bits per heavy atom. The highest BCUT2D eigenvalue weighted by atomic mass is 79.9. The molecule has 0 radical (unpaired) electrons. The number of aryl methyl sites for hydroxylation is 1. The van der Waals surface area contributed by atoms with Crippen LogP contribution in [0.5, 0.6) is 23.0 Å². The average molecular weight is 612 g/mol. The summed E-state index contributed by atoms with van der Waals surface area (Å²) in [6.07, 6.45) is 1.61. The van der Waals surface area contributed by atoms with Gasteiger partial charge in [-0.05, 0) is 107 Å². The fourth-order valence-corrected chi connectivity index (χ4v) is 5.12. The van der Waals surface area contributed by atoms with E-state index in [-0.39, 0.29) is 29.0 Å². The molecule has 10 heteroatoms. The molecule has 1 saturated heterocycles. The van der Waals surface area contributed by atoms with Crippen LogP contribution in [0.15, 0.2) is 70.0 Å². The van der Waals surface area contributed by atoms with Crippen molar-refractivity contribution in [2.24, 2.45) is 0 Å². The van der Waals surface area contributed by atoms with E-state index in [0.717, 1.165) is 22.2 Å². The Labute approximate surface area is 239 Å². The van der Waals surface area contributed by atoms with Gasteiger partial charge in [0.1, 0.15) is 18.1 Å². The largest absolute Gasteiger partial charge is 0.497 e. The van der Waals surface area contributed by atoms with Crippen LogP contribution in [0.1, 0.15) is 28.4 Å². The van der Waals surface area contributed by atoms with Crippen LogP contribution in [-0.2, 0) is 4.79 Å². The molecule has 3 aromatic carbocycles. The van der Waals surface area contributed by atoms with Gasteiger partial charge in [0, 0.05) is 0 Å². The predicted octanol–water partition coefficient (Wildman–Crippen LogP) is 6.50.